The summed E-state index contributed by atoms with van der Waals surface area (Å²) in [6, 6.07) is 13.8. The van der Waals surface area contributed by atoms with Crippen molar-refractivity contribution in [2.45, 2.75) is 19.5 Å². The number of halogens is 1. The minimum Gasteiger partial charge on any atom is -0.374 e. The number of anilines is 1. The van der Waals surface area contributed by atoms with Crippen LogP contribution >= 0.6 is 0 Å². The fourth-order valence-corrected chi connectivity index (χ4v) is 1.90. The third-order valence-corrected chi connectivity index (χ3v) is 3.15. The Morgan fingerprint density at radius 2 is 1.70 bits per heavy atom. The zero-order valence-corrected chi connectivity index (χ0v) is 12.7. The largest absolute Gasteiger partial charge is 0.374 e. The maximum absolute atomic E-state index is 12.8. The summed E-state index contributed by atoms with van der Waals surface area (Å²) in [5, 5.41) is 7.75. The summed E-state index contributed by atoms with van der Waals surface area (Å²) in [4.78, 5) is 23.6. The van der Waals surface area contributed by atoms with Crippen molar-refractivity contribution in [2.24, 2.45) is 0 Å². The molecular formula is C17H18FN3O2. The number of nitrogens with one attached hydrogen (secondary N) is 3. The van der Waals surface area contributed by atoms with Crippen LogP contribution in [0.4, 0.5) is 14.9 Å². The standard InChI is InChI=1S/C17H18FN3O2/c1-12(20-15-9-7-14(18)8-10-15)16(22)21-17(23)19-11-13-5-3-2-4-6-13/h2-10,12,20H,11H2,1H3,(H2,19,21,22,23)/t12-/m0/s1. The van der Waals surface area contributed by atoms with Crippen LogP contribution in [0.5, 0.6) is 0 Å². The van der Waals surface area contributed by atoms with Gasteiger partial charge >= 0.3 is 6.03 Å². The molecule has 0 aliphatic heterocycles. The normalized spacial score (nSPS) is 11.4. The van der Waals surface area contributed by atoms with Gasteiger partial charge in [-0.05, 0) is 36.8 Å². The van der Waals surface area contributed by atoms with Crippen molar-refractivity contribution in [1.29, 1.82) is 0 Å². The van der Waals surface area contributed by atoms with Gasteiger partial charge < -0.3 is 10.6 Å². The molecule has 23 heavy (non-hydrogen) atoms. The number of carbonyl (C=O) groups excluding carboxylic acids is 2. The molecule has 0 radical (unpaired) electrons. The summed E-state index contributed by atoms with van der Waals surface area (Å²) in [7, 11) is 0. The minimum absolute atomic E-state index is 0.333. The number of rotatable bonds is 5. The van der Waals surface area contributed by atoms with E-state index in [1.165, 1.54) is 24.3 Å². The van der Waals surface area contributed by atoms with Crippen LogP contribution in [0.1, 0.15) is 12.5 Å². The summed E-state index contributed by atoms with van der Waals surface area (Å²) in [6.45, 7) is 1.95. The Labute approximate surface area is 133 Å². The molecular weight excluding hydrogens is 297 g/mol. The second-order valence-corrected chi connectivity index (χ2v) is 5.03. The summed E-state index contributed by atoms with van der Waals surface area (Å²) < 4.78 is 12.8. The molecule has 0 saturated heterocycles. The highest BCUT2D eigenvalue weighted by molar-refractivity contribution is 5.97. The molecule has 5 nitrogen and oxygen atoms in total. The SMILES string of the molecule is C[C@H](Nc1ccc(F)cc1)C(=O)NC(=O)NCc1ccccc1. The Morgan fingerprint density at radius 1 is 1.04 bits per heavy atom. The first kappa shape index (κ1) is 16.5. The number of amides is 3. The quantitative estimate of drug-likeness (QED) is 0.794. The number of imide groups is 1. The Hall–Kier alpha value is -2.89. The molecule has 0 aliphatic rings. The first-order valence-electron chi connectivity index (χ1n) is 7.19. The van der Waals surface area contributed by atoms with Gasteiger partial charge in [-0.1, -0.05) is 30.3 Å². The van der Waals surface area contributed by atoms with Crippen LogP contribution in [0.3, 0.4) is 0 Å². The molecule has 0 unspecified atom stereocenters. The first-order chi connectivity index (χ1) is 11.0. The van der Waals surface area contributed by atoms with Crippen LogP contribution in [0.15, 0.2) is 54.6 Å². The molecule has 2 rings (SSSR count). The summed E-state index contributed by atoms with van der Waals surface area (Å²) >= 11 is 0. The Kier molecular flexibility index (Phi) is 5.68. The van der Waals surface area contributed by atoms with Gasteiger partial charge in [0, 0.05) is 12.2 Å². The van der Waals surface area contributed by atoms with Crippen molar-refractivity contribution in [3.05, 3.63) is 66.0 Å². The van der Waals surface area contributed by atoms with E-state index in [-0.39, 0.29) is 5.82 Å². The molecule has 0 aromatic heterocycles. The predicted molar refractivity (Wildman–Crippen MR) is 86.3 cm³/mol. The topological polar surface area (TPSA) is 70.2 Å². The van der Waals surface area contributed by atoms with Gasteiger partial charge in [-0.2, -0.15) is 0 Å². The molecule has 0 saturated carbocycles. The minimum atomic E-state index is -0.636. The van der Waals surface area contributed by atoms with E-state index in [2.05, 4.69) is 16.0 Å². The van der Waals surface area contributed by atoms with Gasteiger partial charge in [-0.15, -0.1) is 0 Å². The number of benzene rings is 2. The van der Waals surface area contributed by atoms with Crippen LogP contribution in [-0.4, -0.2) is 18.0 Å². The monoisotopic (exact) mass is 315 g/mol. The second kappa shape index (κ2) is 7.93. The summed E-state index contributed by atoms with van der Waals surface area (Å²) in [5.74, 6) is -0.826. The van der Waals surface area contributed by atoms with Gasteiger partial charge in [0.05, 0.1) is 0 Å². The van der Waals surface area contributed by atoms with Crippen LogP contribution in [0.25, 0.3) is 0 Å². The smallest absolute Gasteiger partial charge is 0.321 e. The fourth-order valence-electron chi connectivity index (χ4n) is 1.90. The molecule has 120 valence electrons. The van der Waals surface area contributed by atoms with E-state index in [4.69, 9.17) is 0 Å². The molecule has 0 bridgehead atoms. The van der Waals surface area contributed by atoms with E-state index in [0.29, 0.717) is 12.2 Å². The molecule has 2 aromatic carbocycles. The molecule has 3 amide bonds. The third kappa shape index (κ3) is 5.43. The molecule has 3 N–H and O–H groups in total. The van der Waals surface area contributed by atoms with E-state index in [1.54, 1.807) is 6.92 Å². The van der Waals surface area contributed by atoms with Crippen molar-refractivity contribution in [3.63, 3.8) is 0 Å². The molecule has 0 heterocycles. The van der Waals surface area contributed by atoms with Crippen molar-refractivity contribution < 1.29 is 14.0 Å². The second-order valence-electron chi connectivity index (χ2n) is 5.03. The van der Waals surface area contributed by atoms with E-state index < -0.39 is 18.0 Å². The fraction of sp³-hybridized carbons (Fsp3) is 0.176. The van der Waals surface area contributed by atoms with Gasteiger partial charge in [-0.3, -0.25) is 10.1 Å². The maximum atomic E-state index is 12.8. The van der Waals surface area contributed by atoms with Crippen LogP contribution < -0.4 is 16.0 Å². The van der Waals surface area contributed by atoms with Crippen LogP contribution in [-0.2, 0) is 11.3 Å². The highest BCUT2D eigenvalue weighted by Crippen LogP contribution is 2.09. The Bertz CT molecular complexity index is 659. The lowest BCUT2D eigenvalue weighted by molar-refractivity contribution is -0.120. The third-order valence-electron chi connectivity index (χ3n) is 3.15. The van der Waals surface area contributed by atoms with Crippen molar-refractivity contribution in [2.75, 3.05) is 5.32 Å². The van der Waals surface area contributed by atoms with E-state index in [0.717, 1.165) is 5.56 Å². The average Bonchev–Trinajstić information content (AvgIpc) is 2.56. The summed E-state index contributed by atoms with van der Waals surface area (Å²) in [6.07, 6.45) is 0. The molecule has 0 spiro atoms. The average molecular weight is 315 g/mol. The highest BCUT2D eigenvalue weighted by atomic mass is 19.1. The van der Waals surface area contributed by atoms with E-state index in [9.17, 15) is 14.0 Å². The lowest BCUT2D eigenvalue weighted by Crippen LogP contribution is -2.45. The van der Waals surface area contributed by atoms with Crippen molar-refractivity contribution >= 4 is 17.6 Å². The lowest BCUT2D eigenvalue weighted by Gasteiger charge is -2.15. The van der Waals surface area contributed by atoms with Gasteiger partial charge in [0.2, 0.25) is 5.91 Å². The van der Waals surface area contributed by atoms with E-state index >= 15 is 0 Å². The molecule has 2 aromatic rings. The van der Waals surface area contributed by atoms with Gasteiger partial charge in [-0.25, -0.2) is 9.18 Å². The van der Waals surface area contributed by atoms with Gasteiger partial charge in [0.15, 0.2) is 0 Å². The Morgan fingerprint density at radius 3 is 2.35 bits per heavy atom. The number of hydrogen-bond acceptors (Lipinski definition) is 3. The maximum Gasteiger partial charge on any atom is 0.321 e. The van der Waals surface area contributed by atoms with Gasteiger partial charge in [0.25, 0.3) is 0 Å². The number of hydrogen-bond donors (Lipinski definition) is 3. The molecule has 6 heteroatoms. The molecule has 1 atom stereocenters. The highest BCUT2D eigenvalue weighted by Gasteiger charge is 2.15. The van der Waals surface area contributed by atoms with Crippen molar-refractivity contribution in [3.8, 4) is 0 Å². The summed E-state index contributed by atoms with van der Waals surface area (Å²) in [5.41, 5.74) is 1.53. The molecule has 0 aliphatic carbocycles. The van der Waals surface area contributed by atoms with Crippen molar-refractivity contribution in [1.82, 2.24) is 10.6 Å². The predicted octanol–water partition coefficient (Wildman–Crippen LogP) is 2.65. The first-order valence-corrected chi connectivity index (χ1v) is 7.19. The van der Waals surface area contributed by atoms with Crippen LogP contribution in [0.2, 0.25) is 0 Å². The lowest BCUT2D eigenvalue weighted by atomic mass is 10.2. The zero-order valence-electron chi connectivity index (χ0n) is 12.7. The van der Waals surface area contributed by atoms with Crippen LogP contribution in [0, 0.1) is 5.82 Å². The van der Waals surface area contributed by atoms with Gasteiger partial charge in [0.1, 0.15) is 11.9 Å². The van der Waals surface area contributed by atoms with E-state index in [1.807, 2.05) is 30.3 Å². The number of carbonyl (C=O) groups is 2. The zero-order chi connectivity index (χ0) is 16.7. The Balaban J connectivity index is 1.78. The number of urea groups is 1. The molecule has 0 fully saturated rings.